The van der Waals surface area contributed by atoms with E-state index in [1.54, 1.807) is 18.2 Å². The van der Waals surface area contributed by atoms with Crippen LogP contribution in [0.2, 0.25) is 0 Å². The Bertz CT molecular complexity index is 1020. The number of nitrogens with zero attached hydrogens (tertiary/aromatic N) is 1. The van der Waals surface area contributed by atoms with Gasteiger partial charge in [-0.3, -0.25) is 4.79 Å². The molecule has 1 aliphatic rings. The van der Waals surface area contributed by atoms with E-state index in [0.717, 1.165) is 4.47 Å². The summed E-state index contributed by atoms with van der Waals surface area (Å²) < 4.78 is 17.6. The summed E-state index contributed by atoms with van der Waals surface area (Å²) in [5, 5.41) is 0. The molecule has 6 nitrogen and oxygen atoms in total. The summed E-state index contributed by atoms with van der Waals surface area (Å²) in [6.45, 7) is 3.56. The van der Waals surface area contributed by atoms with E-state index < -0.39 is 11.9 Å². The van der Waals surface area contributed by atoms with Crippen molar-refractivity contribution in [2.45, 2.75) is 13.8 Å². The number of carbonyl (C=O) groups excluding carboxylic acids is 2. The summed E-state index contributed by atoms with van der Waals surface area (Å²) in [6, 6.07) is 10.8. The second-order valence-electron chi connectivity index (χ2n) is 5.67. The molecule has 1 aliphatic heterocycles. The minimum absolute atomic E-state index is 0.171. The fourth-order valence-corrected chi connectivity index (χ4v) is 3.68. The Hall–Kier alpha value is -2.20. The van der Waals surface area contributed by atoms with Gasteiger partial charge in [-0.25, -0.2) is 9.79 Å². The van der Waals surface area contributed by atoms with Gasteiger partial charge >= 0.3 is 11.9 Å². The third-order valence-corrected chi connectivity index (χ3v) is 5.10. The van der Waals surface area contributed by atoms with Crippen molar-refractivity contribution in [2.24, 2.45) is 4.99 Å². The Morgan fingerprint density at radius 3 is 2.75 bits per heavy atom. The van der Waals surface area contributed by atoms with Crippen molar-refractivity contribution in [3.05, 3.63) is 61.3 Å². The van der Waals surface area contributed by atoms with Crippen LogP contribution in [0, 0.1) is 3.57 Å². The van der Waals surface area contributed by atoms with Crippen LogP contribution in [0.4, 0.5) is 0 Å². The lowest BCUT2D eigenvalue weighted by atomic mass is 10.1. The highest BCUT2D eigenvalue weighted by Crippen LogP contribution is 2.35. The van der Waals surface area contributed by atoms with Crippen molar-refractivity contribution in [3.8, 4) is 11.5 Å². The van der Waals surface area contributed by atoms with Crippen LogP contribution in [0.5, 0.6) is 11.5 Å². The molecule has 0 aliphatic carbocycles. The van der Waals surface area contributed by atoms with Crippen molar-refractivity contribution >= 4 is 62.4 Å². The lowest BCUT2D eigenvalue weighted by Gasteiger charge is -2.12. The molecule has 1 heterocycles. The summed E-state index contributed by atoms with van der Waals surface area (Å²) in [5.41, 5.74) is 1.53. The number of carbonyl (C=O) groups is 2. The maximum Gasteiger partial charge on any atom is 0.363 e. The first-order valence-electron chi connectivity index (χ1n) is 8.31. The van der Waals surface area contributed by atoms with Gasteiger partial charge in [-0.2, -0.15) is 0 Å². The zero-order valence-electron chi connectivity index (χ0n) is 15.0. The van der Waals surface area contributed by atoms with Gasteiger partial charge in [0.2, 0.25) is 5.90 Å². The molecule has 0 amide bonds. The fraction of sp³-hybridized carbons (Fsp3) is 0.150. The van der Waals surface area contributed by atoms with Crippen molar-refractivity contribution < 1.29 is 23.8 Å². The Labute approximate surface area is 183 Å². The first-order chi connectivity index (χ1) is 13.4. The molecule has 3 rings (SSSR count). The molecule has 0 atom stereocenters. The van der Waals surface area contributed by atoms with Crippen LogP contribution in [0.25, 0.3) is 6.08 Å². The molecule has 0 unspecified atom stereocenters. The van der Waals surface area contributed by atoms with Crippen molar-refractivity contribution in [1.29, 1.82) is 0 Å². The molecule has 0 radical (unpaired) electrons. The number of rotatable bonds is 5. The van der Waals surface area contributed by atoms with Gasteiger partial charge < -0.3 is 14.2 Å². The van der Waals surface area contributed by atoms with Gasteiger partial charge in [-0.1, -0.05) is 12.1 Å². The molecular weight excluding hydrogens is 541 g/mol. The van der Waals surface area contributed by atoms with Crippen LogP contribution in [-0.4, -0.2) is 24.4 Å². The van der Waals surface area contributed by atoms with Crippen molar-refractivity contribution in [1.82, 2.24) is 0 Å². The molecule has 2 aromatic rings. The highest BCUT2D eigenvalue weighted by molar-refractivity contribution is 14.1. The number of benzene rings is 2. The zero-order chi connectivity index (χ0) is 20.3. The maximum atomic E-state index is 12.3. The third kappa shape index (κ3) is 4.61. The maximum absolute atomic E-state index is 12.3. The van der Waals surface area contributed by atoms with Crippen LogP contribution in [0.15, 0.2) is 51.6 Å². The molecule has 0 saturated carbocycles. The van der Waals surface area contributed by atoms with E-state index in [-0.39, 0.29) is 11.6 Å². The van der Waals surface area contributed by atoms with Gasteiger partial charge in [-0.15, -0.1) is 0 Å². The molecule has 0 spiro atoms. The quantitative estimate of drug-likeness (QED) is 0.231. The highest BCUT2D eigenvalue weighted by atomic mass is 127. The molecule has 0 aromatic heterocycles. The Balaban J connectivity index is 1.99. The lowest BCUT2D eigenvalue weighted by Crippen LogP contribution is -2.06. The predicted molar refractivity (Wildman–Crippen MR) is 116 cm³/mol. The normalized spacial score (nSPS) is 14.6. The van der Waals surface area contributed by atoms with E-state index in [1.807, 2.05) is 53.8 Å². The Morgan fingerprint density at radius 2 is 2.07 bits per heavy atom. The second-order valence-corrected chi connectivity index (χ2v) is 7.69. The van der Waals surface area contributed by atoms with Crippen LogP contribution < -0.4 is 9.47 Å². The molecule has 8 heteroatoms. The summed E-state index contributed by atoms with van der Waals surface area (Å²) in [5.74, 6) is 0.0242. The fourth-order valence-electron chi connectivity index (χ4n) is 2.49. The first kappa shape index (κ1) is 20.5. The van der Waals surface area contributed by atoms with Crippen molar-refractivity contribution in [3.63, 3.8) is 0 Å². The van der Waals surface area contributed by atoms with Gasteiger partial charge in [0.15, 0.2) is 17.2 Å². The number of halogens is 2. The first-order valence-corrected chi connectivity index (χ1v) is 10.2. The topological polar surface area (TPSA) is 74.2 Å². The molecule has 144 valence electrons. The minimum atomic E-state index is -0.539. The van der Waals surface area contributed by atoms with E-state index in [9.17, 15) is 9.59 Å². The van der Waals surface area contributed by atoms with Crippen LogP contribution in [0.3, 0.4) is 0 Å². The summed E-state index contributed by atoms with van der Waals surface area (Å²) in [6.07, 6.45) is 1.61. The van der Waals surface area contributed by atoms with E-state index >= 15 is 0 Å². The van der Waals surface area contributed by atoms with Crippen LogP contribution in [0.1, 0.15) is 25.0 Å². The molecular formula is C20H15BrINO5. The molecule has 0 fully saturated rings. The third-order valence-electron chi connectivity index (χ3n) is 3.61. The van der Waals surface area contributed by atoms with Gasteiger partial charge in [0.05, 0.1) is 15.7 Å². The highest BCUT2D eigenvalue weighted by Gasteiger charge is 2.25. The summed E-state index contributed by atoms with van der Waals surface area (Å²) in [7, 11) is 0. The van der Waals surface area contributed by atoms with E-state index in [1.165, 1.54) is 6.92 Å². The monoisotopic (exact) mass is 555 g/mol. The number of aliphatic imine (C=N–C) groups is 1. The van der Waals surface area contributed by atoms with Gasteiger partial charge in [-0.05, 0) is 81.3 Å². The van der Waals surface area contributed by atoms with Gasteiger partial charge in [0.25, 0.3) is 0 Å². The molecule has 0 N–H and O–H groups in total. The number of hydrogen-bond donors (Lipinski definition) is 0. The number of hydrogen-bond acceptors (Lipinski definition) is 6. The van der Waals surface area contributed by atoms with E-state index in [0.29, 0.717) is 32.8 Å². The Morgan fingerprint density at radius 1 is 1.32 bits per heavy atom. The van der Waals surface area contributed by atoms with Crippen molar-refractivity contribution in [2.75, 3.05) is 6.61 Å². The number of ether oxygens (including phenoxy) is 3. The smallest absolute Gasteiger partial charge is 0.363 e. The average molecular weight is 556 g/mol. The molecule has 0 bridgehead atoms. The van der Waals surface area contributed by atoms with Crippen LogP contribution in [-0.2, 0) is 14.3 Å². The SMILES string of the molecule is CCOc1cc(/C=C2\N=C(c3ccccc3Br)OC2=O)cc(I)c1OC(C)=O. The number of esters is 2. The minimum Gasteiger partial charge on any atom is -0.490 e. The summed E-state index contributed by atoms with van der Waals surface area (Å²) >= 11 is 5.48. The van der Waals surface area contributed by atoms with Gasteiger partial charge in [0, 0.05) is 11.4 Å². The zero-order valence-corrected chi connectivity index (χ0v) is 18.7. The standard InChI is InChI=1S/C20H15BrINO5/c1-3-26-17-10-12(8-15(22)18(17)27-11(2)24)9-16-20(25)28-19(23-16)13-6-4-5-7-14(13)21/h4-10H,3H2,1-2H3/b16-9-. The predicted octanol–water partition coefficient (Wildman–Crippen LogP) is 4.72. The second kappa shape index (κ2) is 8.87. The molecule has 28 heavy (non-hydrogen) atoms. The molecule has 2 aromatic carbocycles. The Kier molecular flexibility index (Phi) is 6.50. The van der Waals surface area contributed by atoms with E-state index in [4.69, 9.17) is 14.2 Å². The number of cyclic esters (lactones) is 1. The van der Waals surface area contributed by atoms with E-state index in [2.05, 4.69) is 20.9 Å². The van der Waals surface area contributed by atoms with Crippen LogP contribution >= 0.6 is 38.5 Å². The van der Waals surface area contributed by atoms with Gasteiger partial charge in [0.1, 0.15) is 0 Å². The summed E-state index contributed by atoms with van der Waals surface area (Å²) in [4.78, 5) is 27.9. The lowest BCUT2D eigenvalue weighted by molar-refractivity contribution is -0.132. The largest absolute Gasteiger partial charge is 0.490 e. The molecule has 0 saturated heterocycles. The average Bonchev–Trinajstić information content (AvgIpc) is 2.99.